The zero-order valence-electron chi connectivity index (χ0n) is 32.1. The molecule has 2 heterocycles. The van der Waals surface area contributed by atoms with Gasteiger partial charge in [-0.15, -0.1) is 0 Å². The largest absolute Gasteiger partial charge is 0.616 e. The van der Waals surface area contributed by atoms with Crippen LogP contribution in [-0.2, 0) is 11.2 Å². The van der Waals surface area contributed by atoms with Crippen LogP contribution >= 0.6 is 0 Å². The number of ether oxygens (including phenoxy) is 1. The second kappa shape index (κ2) is 14.1. The molecule has 6 nitrogen and oxygen atoms in total. The van der Waals surface area contributed by atoms with Crippen LogP contribution in [0.1, 0.15) is 117 Å². The number of pyridine rings is 1. The number of nitrogens with zero attached hydrogens (tertiary/aromatic N) is 3. The van der Waals surface area contributed by atoms with E-state index in [0.717, 1.165) is 86.5 Å². The molecule has 1 aliphatic heterocycles. The van der Waals surface area contributed by atoms with Crippen molar-refractivity contribution in [3.05, 3.63) is 47.2 Å². The number of fused-ring (bicyclic) bond motifs is 7. The SMILES string of the molecule is CC1(C)C(C2=CCC(COc3ncccc3C#N)CC2)=CCC2(C)C1CC[C@@]1(C)C3CCC4(NCCN5CC[S+]([O-])CC5)CCC[C@@H]4C3CCC21. The van der Waals surface area contributed by atoms with Gasteiger partial charge in [-0.25, -0.2) is 4.98 Å². The van der Waals surface area contributed by atoms with E-state index >= 15 is 0 Å². The molecule has 1 aromatic rings. The van der Waals surface area contributed by atoms with Gasteiger partial charge in [-0.05, 0) is 152 Å². The number of hydrogen-bond donors (Lipinski definition) is 1. The summed E-state index contributed by atoms with van der Waals surface area (Å²) in [5.41, 5.74) is 5.16. The van der Waals surface area contributed by atoms with E-state index in [-0.39, 0.29) is 5.41 Å². The van der Waals surface area contributed by atoms with Crippen LogP contribution in [0.5, 0.6) is 5.88 Å². The molecule has 0 radical (unpaired) electrons. The minimum Gasteiger partial charge on any atom is -0.616 e. The number of rotatable bonds is 8. The van der Waals surface area contributed by atoms with Crippen molar-refractivity contribution in [2.45, 2.75) is 117 Å². The highest BCUT2D eigenvalue weighted by Crippen LogP contribution is 2.72. The number of allylic oxidation sites excluding steroid dienone is 4. The first-order valence-electron chi connectivity index (χ1n) is 20.8. The molecule has 51 heavy (non-hydrogen) atoms. The average Bonchev–Trinajstić information content (AvgIpc) is 3.56. The Morgan fingerprint density at radius 3 is 2.61 bits per heavy atom. The Morgan fingerprint density at radius 2 is 1.82 bits per heavy atom. The normalized spacial score (nSPS) is 40.9. The first kappa shape index (κ1) is 36.1. The molecule has 9 atom stereocenters. The summed E-state index contributed by atoms with van der Waals surface area (Å²) in [4.78, 5) is 6.85. The predicted octanol–water partition coefficient (Wildman–Crippen LogP) is 8.47. The Hall–Kier alpha value is -1.85. The van der Waals surface area contributed by atoms with Crippen LogP contribution in [0, 0.1) is 63.1 Å². The molecule has 278 valence electrons. The second-order valence-electron chi connectivity index (χ2n) is 19.0. The second-order valence-corrected chi connectivity index (χ2v) is 20.7. The summed E-state index contributed by atoms with van der Waals surface area (Å²) in [6.07, 6.45) is 24.2. The van der Waals surface area contributed by atoms with Gasteiger partial charge in [-0.2, -0.15) is 5.26 Å². The van der Waals surface area contributed by atoms with Gasteiger partial charge in [-0.3, -0.25) is 4.90 Å². The molecule has 4 saturated carbocycles. The molecular formula is C44H64N4O2S. The van der Waals surface area contributed by atoms with Crippen molar-refractivity contribution in [1.82, 2.24) is 15.2 Å². The van der Waals surface area contributed by atoms with Crippen LogP contribution in [0.4, 0.5) is 0 Å². The minimum absolute atomic E-state index is 0.191. The zero-order valence-corrected chi connectivity index (χ0v) is 32.9. The van der Waals surface area contributed by atoms with Gasteiger partial charge in [0.1, 0.15) is 23.1 Å². The minimum atomic E-state index is -0.590. The van der Waals surface area contributed by atoms with Crippen LogP contribution < -0.4 is 10.1 Å². The molecule has 0 bridgehead atoms. The van der Waals surface area contributed by atoms with E-state index in [4.69, 9.17) is 4.74 Å². The topological polar surface area (TPSA) is 84.2 Å². The van der Waals surface area contributed by atoms with Crippen LogP contribution in [0.15, 0.2) is 41.6 Å². The highest BCUT2D eigenvalue weighted by Gasteiger charge is 2.65. The van der Waals surface area contributed by atoms with Gasteiger partial charge in [0.2, 0.25) is 5.88 Å². The van der Waals surface area contributed by atoms with Crippen LogP contribution in [0.3, 0.4) is 0 Å². The Bertz CT molecular complexity index is 1540. The number of aromatic nitrogens is 1. The predicted molar refractivity (Wildman–Crippen MR) is 207 cm³/mol. The highest BCUT2D eigenvalue weighted by atomic mass is 32.2. The summed E-state index contributed by atoms with van der Waals surface area (Å²) in [6.45, 7) is 15.6. The van der Waals surface area contributed by atoms with Crippen molar-refractivity contribution in [2.75, 3.05) is 44.3 Å². The first-order chi connectivity index (χ1) is 24.6. The number of nitriles is 1. The van der Waals surface area contributed by atoms with Gasteiger partial charge in [0, 0.05) is 37.9 Å². The maximum Gasteiger partial charge on any atom is 0.231 e. The van der Waals surface area contributed by atoms with Gasteiger partial charge in [0.05, 0.1) is 6.61 Å². The van der Waals surface area contributed by atoms with Crippen molar-refractivity contribution >= 4 is 11.2 Å². The van der Waals surface area contributed by atoms with Gasteiger partial charge < -0.3 is 14.6 Å². The van der Waals surface area contributed by atoms with Crippen LogP contribution in [0.2, 0.25) is 0 Å². The molecule has 1 aromatic heterocycles. The van der Waals surface area contributed by atoms with Crippen LogP contribution in [0.25, 0.3) is 0 Å². The lowest BCUT2D eigenvalue weighted by atomic mass is 9.37. The number of nitrogens with one attached hydrogen (secondary N) is 1. The molecule has 7 unspecified atom stereocenters. The molecule has 5 fully saturated rings. The van der Waals surface area contributed by atoms with Gasteiger partial charge in [0.15, 0.2) is 0 Å². The molecule has 0 aromatic carbocycles. The van der Waals surface area contributed by atoms with E-state index in [1.54, 1.807) is 29.5 Å². The Labute approximate surface area is 311 Å². The summed E-state index contributed by atoms with van der Waals surface area (Å²) in [7, 11) is 0. The molecule has 7 aliphatic rings. The van der Waals surface area contributed by atoms with E-state index < -0.39 is 11.2 Å². The average molecular weight is 713 g/mol. The third-order valence-corrected chi connectivity index (χ3v) is 17.8. The standard InChI is InChI=1S/C44H64N4O2S/c1-41(2)35(32-11-9-31(10-12-32)30-50-40-33(29-45)7-6-22-46-40)15-19-43(4)38(41)17-20-42(3)36-16-21-44(47-23-24-48-25-27-51(49)28-26-48)18-5-8-37(44)34(36)13-14-39(42)43/h6-7,11,15,22,31,34,36-39,47H,5,8-10,12-14,16-21,23-28,30H2,1-4H3/t31?,34?,36?,37-,38?,39?,42+,43?,44?/m1/s1. The summed E-state index contributed by atoms with van der Waals surface area (Å²) in [5, 5.41) is 13.7. The lowest BCUT2D eigenvalue weighted by molar-refractivity contribution is -0.175. The van der Waals surface area contributed by atoms with Crippen molar-refractivity contribution < 1.29 is 9.29 Å². The zero-order chi connectivity index (χ0) is 35.4. The molecular weight excluding hydrogens is 649 g/mol. The molecule has 0 spiro atoms. The van der Waals surface area contributed by atoms with Gasteiger partial charge in [0.25, 0.3) is 0 Å². The van der Waals surface area contributed by atoms with Gasteiger partial charge >= 0.3 is 0 Å². The number of hydrogen-bond acceptors (Lipinski definition) is 6. The molecule has 0 amide bonds. The van der Waals surface area contributed by atoms with Crippen molar-refractivity contribution in [3.8, 4) is 11.9 Å². The molecule has 1 N–H and O–H groups in total. The Kier molecular flexibility index (Phi) is 9.99. The van der Waals surface area contributed by atoms with E-state index in [1.807, 2.05) is 0 Å². The third-order valence-electron chi connectivity index (χ3n) is 16.5. The maximum atomic E-state index is 11.9. The molecule has 7 heteroatoms. The fraction of sp³-hybridized carbons (Fsp3) is 0.773. The smallest absolute Gasteiger partial charge is 0.231 e. The van der Waals surface area contributed by atoms with Crippen molar-refractivity contribution in [2.24, 2.45) is 51.8 Å². The lowest BCUT2D eigenvalue weighted by Crippen LogP contribution is -2.64. The fourth-order valence-electron chi connectivity index (χ4n) is 14.1. The molecule has 6 aliphatic carbocycles. The maximum absolute atomic E-state index is 11.9. The summed E-state index contributed by atoms with van der Waals surface area (Å²) in [5.74, 6) is 6.85. The molecule has 8 rings (SSSR count). The monoisotopic (exact) mass is 712 g/mol. The summed E-state index contributed by atoms with van der Waals surface area (Å²) >= 11 is -0.590. The van der Waals surface area contributed by atoms with E-state index in [2.05, 4.69) is 61.1 Å². The fourth-order valence-corrected chi connectivity index (χ4v) is 15.2. The molecule has 1 saturated heterocycles. The van der Waals surface area contributed by atoms with Crippen LogP contribution in [-0.4, -0.2) is 64.3 Å². The first-order valence-corrected chi connectivity index (χ1v) is 22.3. The Balaban J connectivity index is 0.931. The van der Waals surface area contributed by atoms with Crippen molar-refractivity contribution in [3.63, 3.8) is 0 Å². The van der Waals surface area contributed by atoms with Crippen molar-refractivity contribution in [1.29, 1.82) is 5.26 Å². The lowest BCUT2D eigenvalue weighted by Gasteiger charge is -2.68. The quantitative estimate of drug-likeness (QED) is 0.273. The van der Waals surface area contributed by atoms with Gasteiger partial charge in [-0.1, -0.05) is 57.4 Å². The van der Waals surface area contributed by atoms with E-state index in [9.17, 15) is 9.81 Å². The van der Waals surface area contributed by atoms with E-state index in [1.165, 1.54) is 64.2 Å². The summed E-state index contributed by atoms with van der Waals surface area (Å²) in [6, 6.07) is 5.79. The van der Waals surface area contributed by atoms with E-state index in [0.29, 0.717) is 40.3 Å². The summed E-state index contributed by atoms with van der Waals surface area (Å²) < 4.78 is 17.9. The Morgan fingerprint density at radius 1 is 0.980 bits per heavy atom. The third kappa shape index (κ3) is 6.34. The highest BCUT2D eigenvalue weighted by molar-refractivity contribution is 7.91.